The van der Waals surface area contributed by atoms with Crippen molar-refractivity contribution in [1.29, 1.82) is 0 Å². The van der Waals surface area contributed by atoms with Gasteiger partial charge in [-0.1, -0.05) is 26.8 Å². The van der Waals surface area contributed by atoms with Crippen LogP contribution in [-0.4, -0.2) is 33.5 Å². The summed E-state index contributed by atoms with van der Waals surface area (Å²) in [5, 5.41) is 30.2. The molecule has 0 radical (unpaired) electrons. The van der Waals surface area contributed by atoms with Crippen molar-refractivity contribution in [3.63, 3.8) is 0 Å². The lowest BCUT2D eigenvalue weighted by atomic mass is 9.46. The molecule has 0 unspecified atom stereocenters. The van der Waals surface area contributed by atoms with E-state index in [4.69, 9.17) is 5.11 Å². The van der Waals surface area contributed by atoms with E-state index < -0.39 is 18.2 Å². The minimum atomic E-state index is -0.683. The third kappa shape index (κ3) is 3.06. The lowest BCUT2D eigenvalue weighted by Crippen LogP contribution is -2.54. The SMILES string of the molecule is C[C@@H](CCC(=O)O)[C@@H]1CC[C@H]2[C@H]3C[C@H](O)C4=C[C@H](O)CC[C@@]4(C)[C@@H]3CC[C@@]21C. The molecule has 3 N–H and O–H groups in total. The monoisotopic (exact) mass is 390 g/mol. The molecular weight excluding hydrogens is 352 g/mol. The summed E-state index contributed by atoms with van der Waals surface area (Å²) >= 11 is 0. The zero-order valence-corrected chi connectivity index (χ0v) is 17.7. The van der Waals surface area contributed by atoms with Crippen LogP contribution in [0.1, 0.15) is 78.6 Å². The largest absolute Gasteiger partial charge is 0.481 e. The average Bonchev–Trinajstić information content (AvgIpc) is 2.99. The molecule has 158 valence electrons. The third-order valence-corrected chi connectivity index (χ3v) is 9.67. The molecule has 9 atom stereocenters. The number of aliphatic hydroxyl groups excluding tert-OH is 2. The molecule has 4 heteroatoms. The number of carboxylic acids is 1. The highest BCUT2D eigenvalue weighted by atomic mass is 16.4. The fourth-order valence-corrected chi connectivity index (χ4v) is 8.28. The fourth-order valence-electron chi connectivity index (χ4n) is 8.28. The highest BCUT2D eigenvalue weighted by Crippen LogP contribution is 2.67. The van der Waals surface area contributed by atoms with Crippen molar-refractivity contribution in [3.05, 3.63) is 11.6 Å². The van der Waals surface area contributed by atoms with Gasteiger partial charge in [-0.05, 0) is 97.4 Å². The number of carbonyl (C=O) groups is 1. The molecule has 0 aromatic carbocycles. The standard InChI is InChI=1S/C24H38O4/c1-14(4-7-22(27)28)17-5-6-18-16-13-21(26)20-12-15(25)8-10-24(20,3)19(16)9-11-23(17,18)2/h12,14-19,21,25-26H,4-11,13H2,1-3H3,(H,27,28)/t14-,15+,16+,17-,18-,19+,21-,23+,24-/m0/s1. The number of fused-ring (bicyclic) bond motifs is 5. The molecule has 4 aliphatic carbocycles. The number of rotatable bonds is 4. The molecular formula is C24H38O4. The molecule has 3 fully saturated rings. The zero-order chi connectivity index (χ0) is 20.3. The predicted octanol–water partition coefficient (Wildman–Crippen LogP) is 4.40. The molecule has 0 aromatic rings. The molecule has 0 saturated heterocycles. The predicted molar refractivity (Wildman–Crippen MR) is 109 cm³/mol. The maximum absolute atomic E-state index is 11.0. The summed E-state index contributed by atoms with van der Waals surface area (Å²) in [7, 11) is 0. The lowest BCUT2D eigenvalue weighted by Gasteiger charge is -2.60. The highest BCUT2D eigenvalue weighted by Gasteiger charge is 2.60. The Balaban J connectivity index is 1.57. The van der Waals surface area contributed by atoms with Crippen LogP contribution in [0.2, 0.25) is 0 Å². The van der Waals surface area contributed by atoms with Crippen molar-refractivity contribution in [3.8, 4) is 0 Å². The van der Waals surface area contributed by atoms with E-state index in [-0.39, 0.29) is 17.3 Å². The topological polar surface area (TPSA) is 77.8 Å². The maximum Gasteiger partial charge on any atom is 0.303 e. The first kappa shape index (κ1) is 20.4. The van der Waals surface area contributed by atoms with Gasteiger partial charge < -0.3 is 15.3 Å². The van der Waals surface area contributed by atoms with Gasteiger partial charge in [0.15, 0.2) is 0 Å². The average molecular weight is 391 g/mol. The van der Waals surface area contributed by atoms with Gasteiger partial charge in [-0.25, -0.2) is 0 Å². The van der Waals surface area contributed by atoms with Crippen LogP contribution in [0.4, 0.5) is 0 Å². The van der Waals surface area contributed by atoms with E-state index in [1.54, 1.807) is 0 Å². The third-order valence-electron chi connectivity index (χ3n) is 9.67. The summed E-state index contributed by atoms with van der Waals surface area (Å²) in [5.74, 6) is 2.18. The van der Waals surface area contributed by atoms with Crippen LogP contribution < -0.4 is 0 Å². The quantitative estimate of drug-likeness (QED) is 0.622. The number of hydrogen-bond donors (Lipinski definition) is 3. The summed E-state index contributed by atoms with van der Waals surface area (Å²) in [5.41, 5.74) is 1.43. The van der Waals surface area contributed by atoms with Gasteiger partial charge >= 0.3 is 5.97 Å². The van der Waals surface area contributed by atoms with Crippen molar-refractivity contribution >= 4 is 5.97 Å². The van der Waals surface area contributed by atoms with E-state index in [1.807, 2.05) is 6.08 Å². The Morgan fingerprint density at radius 1 is 1.14 bits per heavy atom. The van der Waals surface area contributed by atoms with Crippen LogP contribution in [0.3, 0.4) is 0 Å². The second-order valence-electron chi connectivity index (χ2n) is 10.9. The zero-order valence-electron chi connectivity index (χ0n) is 17.7. The van der Waals surface area contributed by atoms with Crippen molar-refractivity contribution in [2.75, 3.05) is 0 Å². The molecule has 0 bridgehead atoms. The first-order valence-electron chi connectivity index (χ1n) is 11.5. The van der Waals surface area contributed by atoms with Gasteiger partial charge in [-0.15, -0.1) is 0 Å². The van der Waals surface area contributed by atoms with Crippen molar-refractivity contribution < 1.29 is 20.1 Å². The van der Waals surface area contributed by atoms with Crippen LogP contribution >= 0.6 is 0 Å². The second kappa shape index (κ2) is 7.12. The van der Waals surface area contributed by atoms with Gasteiger partial charge in [-0.2, -0.15) is 0 Å². The van der Waals surface area contributed by atoms with Gasteiger partial charge in [-0.3, -0.25) is 4.79 Å². The highest BCUT2D eigenvalue weighted by molar-refractivity contribution is 5.66. The summed E-state index contributed by atoms with van der Waals surface area (Å²) in [6, 6.07) is 0. The first-order valence-corrected chi connectivity index (χ1v) is 11.5. The van der Waals surface area contributed by atoms with Crippen LogP contribution in [-0.2, 0) is 4.79 Å². The fraction of sp³-hybridized carbons (Fsp3) is 0.875. The van der Waals surface area contributed by atoms with E-state index in [0.717, 1.165) is 31.3 Å². The number of carboxylic acid groups (broad SMARTS) is 1. The Morgan fingerprint density at radius 2 is 1.89 bits per heavy atom. The normalized spacial score (nSPS) is 48.8. The first-order chi connectivity index (χ1) is 13.2. The summed E-state index contributed by atoms with van der Waals surface area (Å²) in [4.78, 5) is 11.0. The van der Waals surface area contributed by atoms with Crippen molar-refractivity contribution in [2.45, 2.75) is 90.8 Å². The van der Waals surface area contributed by atoms with E-state index >= 15 is 0 Å². The number of aliphatic hydroxyl groups is 2. The summed E-state index contributed by atoms with van der Waals surface area (Å²) in [6.07, 6.45) is 9.72. The Kier molecular flexibility index (Phi) is 5.19. The lowest BCUT2D eigenvalue weighted by molar-refractivity contribution is -0.137. The van der Waals surface area contributed by atoms with Crippen LogP contribution in [0.5, 0.6) is 0 Å². The van der Waals surface area contributed by atoms with Gasteiger partial charge in [0.2, 0.25) is 0 Å². The van der Waals surface area contributed by atoms with E-state index in [1.165, 1.54) is 25.7 Å². The summed E-state index contributed by atoms with van der Waals surface area (Å²) < 4.78 is 0. The molecule has 0 aromatic heterocycles. The Bertz CT molecular complexity index is 657. The number of hydrogen-bond acceptors (Lipinski definition) is 3. The Labute approximate surface area is 169 Å². The number of aliphatic carboxylic acids is 1. The van der Waals surface area contributed by atoms with Crippen LogP contribution in [0.15, 0.2) is 11.6 Å². The molecule has 4 rings (SSSR count). The van der Waals surface area contributed by atoms with E-state index in [9.17, 15) is 15.0 Å². The molecule has 28 heavy (non-hydrogen) atoms. The molecule has 4 nitrogen and oxygen atoms in total. The minimum absolute atomic E-state index is 0.0376. The van der Waals surface area contributed by atoms with E-state index in [0.29, 0.717) is 29.6 Å². The van der Waals surface area contributed by atoms with Gasteiger partial charge in [0.05, 0.1) is 12.2 Å². The maximum atomic E-state index is 11.0. The van der Waals surface area contributed by atoms with Crippen molar-refractivity contribution in [1.82, 2.24) is 0 Å². The molecule has 0 heterocycles. The minimum Gasteiger partial charge on any atom is -0.481 e. The van der Waals surface area contributed by atoms with Gasteiger partial charge in [0.25, 0.3) is 0 Å². The van der Waals surface area contributed by atoms with E-state index in [2.05, 4.69) is 20.8 Å². The molecule has 3 saturated carbocycles. The Hall–Kier alpha value is -0.870. The molecule has 4 aliphatic rings. The smallest absolute Gasteiger partial charge is 0.303 e. The van der Waals surface area contributed by atoms with Crippen LogP contribution in [0, 0.1) is 40.4 Å². The van der Waals surface area contributed by atoms with Crippen LogP contribution in [0.25, 0.3) is 0 Å². The summed E-state index contributed by atoms with van der Waals surface area (Å²) in [6.45, 7) is 7.07. The molecule has 0 spiro atoms. The Morgan fingerprint density at radius 3 is 2.61 bits per heavy atom. The second-order valence-corrected chi connectivity index (χ2v) is 10.9. The molecule has 0 amide bonds. The van der Waals surface area contributed by atoms with Gasteiger partial charge in [0.1, 0.15) is 0 Å². The molecule has 0 aliphatic heterocycles. The van der Waals surface area contributed by atoms with Gasteiger partial charge in [0, 0.05) is 6.42 Å². The van der Waals surface area contributed by atoms with Crippen molar-refractivity contribution in [2.24, 2.45) is 40.4 Å².